The number of rotatable bonds is 6. The standard InChI is InChI=1S/C24H33N/c1-19-7-11-21(12-8-19)15-17-23-5-4-6-24(25(23)3)18-16-22-13-9-20(2)10-14-22/h7-14,23-24H,4-6,15-18H2,1-3H3/t23-,24+. The summed E-state index contributed by atoms with van der Waals surface area (Å²) in [7, 11) is 2.36. The van der Waals surface area contributed by atoms with Crippen LogP contribution in [-0.4, -0.2) is 24.0 Å². The van der Waals surface area contributed by atoms with E-state index in [0.29, 0.717) is 0 Å². The number of hydrogen-bond acceptors (Lipinski definition) is 1. The summed E-state index contributed by atoms with van der Waals surface area (Å²) in [6.45, 7) is 4.33. The Morgan fingerprint density at radius 2 is 1.12 bits per heavy atom. The predicted octanol–water partition coefficient (Wildman–Crippen LogP) is 5.72. The molecule has 0 N–H and O–H groups in total. The van der Waals surface area contributed by atoms with Gasteiger partial charge in [0.15, 0.2) is 0 Å². The molecule has 1 heteroatoms. The fourth-order valence-electron chi connectivity index (χ4n) is 4.17. The van der Waals surface area contributed by atoms with E-state index in [-0.39, 0.29) is 0 Å². The normalized spacial score (nSPS) is 21.4. The van der Waals surface area contributed by atoms with E-state index in [9.17, 15) is 0 Å². The molecule has 0 saturated carbocycles. The topological polar surface area (TPSA) is 3.24 Å². The van der Waals surface area contributed by atoms with Gasteiger partial charge in [-0.05, 0) is 70.5 Å². The Kier molecular flexibility index (Phi) is 6.31. The Balaban J connectivity index is 1.50. The largest absolute Gasteiger partial charge is 0.300 e. The van der Waals surface area contributed by atoms with Crippen LogP contribution >= 0.6 is 0 Å². The number of hydrogen-bond donors (Lipinski definition) is 0. The maximum absolute atomic E-state index is 2.69. The average Bonchev–Trinajstić information content (AvgIpc) is 2.62. The zero-order valence-electron chi connectivity index (χ0n) is 16.2. The fourth-order valence-corrected chi connectivity index (χ4v) is 4.17. The molecule has 1 saturated heterocycles. The summed E-state index contributed by atoms with van der Waals surface area (Å²) in [6, 6.07) is 19.7. The van der Waals surface area contributed by atoms with Crippen molar-refractivity contribution in [1.82, 2.24) is 4.90 Å². The van der Waals surface area contributed by atoms with Gasteiger partial charge in [0, 0.05) is 12.1 Å². The highest BCUT2D eigenvalue weighted by molar-refractivity contribution is 5.22. The Hall–Kier alpha value is -1.60. The van der Waals surface area contributed by atoms with Gasteiger partial charge in [-0.3, -0.25) is 0 Å². The van der Waals surface area contributed by atoms with Gasteiger partial charge in [0.1, 0.15) is 0 Å². The smallest absolute Gasteiger partial charge is 0.00983 e. The lowest BCUT2D eigenvalue weighted by atomic mass is 9.89. The Morgan fingerprint density at radius 3 is 1.52 bits per heavy atom. The van der Waals surface area contributed by atoms with Crippen molar-refractivity contribution in [2.45, 2.75) is 70.9 Å². The third-order valence-corrected chi connectivity index (χ3v) is 6.00. The molecule has 1 aliphatic rings. The van der Waals surface area contributed by atoms with Gasteiger partial charge >= 0.3 is 0 Å². The molecule has 0 unspecified atom stereocenters. The molecule has 1 heterocycles. The third kappa shape index (κ3) is 5.19. The van der Waals surface area contributed by atoms with Gasteiger partial charge in [0.05, 0.1) is 0 Å². The van der Waals surface area contributed by atoms with Crippen LogP contribution in [0.15, 0.2) is 48.5 Å². The molecule has 2 atom stereocenters. The van der Waals surface area contributed by atoms with Gasteiger partial charge in [-0.1, -0.05) is 66.1 Å². The summed E-state index contributed by atoms with van der Waals surface area (Å²) in [6.07, 6.45) is 9.12. The van der Waals surface area contributed by atoms with Crippen LogP contribution in [0.25, 0.3) is 0 Å². The number of aryl methyl sites for hydroxylation is 4. The second-order valence-corrected chi connectivity index (χ2v) is 7.95. The highest BCUT2D eigenvalue weighted by atomic mass is 15.2. The first-order valence-electron chi connectivity index (χ1n) is 9.95. The van der Waals surface area contributed by atoms with Gasteiger partial charge in [0.2, 0.25) is 0 Å². The van der Waals surface area contributed by atoms with E-state index in [4.69, 9.17) is 0 Å². The first-order valence-corrected chi connectivity index (χ1v) is 9.95. The van der Waals surface area contributed by atoms with E-state index in [1.54, 1.807) is 0 Å². The van der Waals surface area contributed by atoms with Gasteiger partial charge in [-0.25, -0.2) is 0 Å². The maximum atomic E-state index is 2.69. The molecule has 0 amide bonds. The molecule has 25 heavy (non-hydrogen) atoms. The van der Waals surface area contributed by atoms with E-state index in [1.165, 1.54) is 67.2 Å². The minimum absolute atomic E-state index is 0.748. The molecule has 1 aliphatic heterocycles. The van der Waals surface area contributed by atoms with Crippen LogP contribution in [0.1, 0.15) is 54.4 Å². The summed E-state index contributed by atoms with van der Waals surface area (Å²) in [5, 5.41) is 0. The van der Waals surface area contributed by atoms with Crippen LogP contribution in [0.5, 0.6) is 0 Å². The maximum Gasteiger partial charge on any atom is 0.00983 e. The SMILES string of the molecule is Cc1ccc(CC[C@H]2CCC[C@@H](CCc3ccc(C)cc3)N2C)cc1. The fraction of sp³-hybridized carbons (Fsp3) is 0.500. The monoisotopic (exact) mass is 335 g/mol. The molecule has 1 nitrogen and oxygen atoms in total. The second-order valence-electron chi connectivity index (χ2n) is 7.95. The van der Waals surface area contributed by atoms with E-state index < -0.39 is 0 Å². The van der Waals surface area contributed by atoms with Crippen LogP contribution in [0.3, 0.4) is 0 Å². The van der Waals surface area contributed by atoms with Gasteiger partial charge in [-0.2, -0.15) is 0 Å². The summed E-state index contributed by atoms with van der Waals surface area (Å²) in [5.74, 6) is 0. The molecular weight excluding hydrogens is 302 g/mol. The lowest BCUT2D eigenvalue weighted by Gasteiger charge is -2.40. The number of likely N-dealkylation sites (tertiary alicyclic amines) is 1. The van der Waals surface area contributed by atoms with Crippen LogP contribution in [0.4, 0.5) is 0 Å². The van der Waals surface area contributed by atoms with E-state index in [2.05, 4.69) is 74.3 Å². The van der Waals surface area contributed by atoms with E-state index in [0.717, 1.165) is 12.1 Å². The van der Waals surface area contributed by atoms with Crippen molar-refractivity contribution in [3.8, 4) is 0 Å². The molecule has 134 valence electrons. The van der Waals surface area contributed by atoms with Crippen molar-refractivity contribution in [2.24, 2.45) is 0 Å². The molecule has 0 spiro atoms. The molecule has 0 bridgehead atoms. The number of piperidine rings is 1. The van der Waals surface area contributed by atoms with Crippen molar-refractivity contribution in [2.75, 3.05) is 7.05 Å². The summed E-state index contributed by atoms with van der Waals surface area (Å²) < 4.78 is 0. The Labute approximate surface area is 154 Å². The lowest BCUT2D eigenvalue weighted by molar-refractivity contribution is 0.103. The van der Waals surface area contributed by atoms with Crippen molar-refractivity contribution in [3.05, 3.63) is 70.8 Å². The molecular formula is C24H33N. The van der Waals surface area contributed by atoms with Gasteiger partial charge in [-0.15, -0.1) is 0 Å². The first-order chi connectivity index (χ1) is 12.1. The molecule has 2 aromatic rings. The Bertz CT molecular complexity index is 583. The van der Waals surface area contributed by atoms with Crippen LogP contribution in [-0.2, 0) is 12.8 Å². The van der Waals surface area contributed by atoms with E-state index in [1.807, 2.05) is 0 Å². The van der Waals surface area contributed by atoms with Gasteiger partial charge in [0.25, 0.3) is 0 Å². The molecule has 0 aliphatic carbocycles. The van der Waals surface area contributed by atoms with Gasteiger partial charge < -0.3 is 4.90 Å². The summed E-state index contributed by atoms with van der Waals surface area (Å²) in [5.41, 5.74) is 5.69. The van der Waals surface area contributed by atoms with Crippen molar-refractivity contribution >= 4 is 0 Å². The highest BCUT2D eigenvalue weighted by Crippen LogP contribution is 2.27. The zero-order chi connectivity index (χ0) is 17.6. The minimum Gasteiger partial charge on any atom is -0.300 e. The Morgan fingerprint density at radius 1 is 0.720 bits per heavy atom. The molecule has 2 aromatic carbocycles. The average molecular weight is 336 g/mol. The summed E-state index contributed by atoms with van der Waals surface area (Å²) in [4.78, 5) is 2.69. The van der Waals surface area contributed by atoms with Crippen LogP contribution < -0.4 is 0 Å². The minimum atomic E-state index is 0.748. The lowest BCUT2D eigenvalue weighted by Crippen LogP contribution is -2.44. The highest BCUT2D eigenvalue weighted by Gasteiger charge is 2.26. The van der Waals surface area contributed by atoms with Crippen molar-refractivity contribution in [3.63, 3.8) is 0 Å². The first kappa shape index (κ1) is 18.2. The van der Waals surface area contributed by atoms with Crippen molar-refractivity contribution < 1.29 is 0 Å². The molecule has 1 fully saturated rings. The van der Waals surface area contributed by atoms with Crippen molar-refractivity contribution in [1.29, 1.82) is 0 Å². The number of nitrogens with zero attached hydrogens (tertiary/aromatic N) is 1. The predicted molar refractivity (Wildman–Crippen MR) is 108 cm³/mol. The second kappa shape index (κ2) is 8.67. The quantitative estimate of drug-likeness (QED) is 0.652. The molecule has 0 aromatic heterocycles. The zero-order valence-corrected chi connectivity index (χ0v) is 16.2. The molecule has 0 radical (unpaired) electrons. The van der Waals surface area contributed by atoms with Crippen LogP contribution in [0.2, 0.25) is 0 Å². The third-order valence-electron chi connectivity index (χ3n) is 6.00. The number of benzene rings is 2. The van der Waals surface area contributed by atoms with E-state index >= 15 is 0 Å². The molecule has 3 rings (SSSR count). The summed E-state index contributed by atoms with van der Waals surface area (Å²) >= 11 is 0. The van der Waals surface area contributed by atoms with Crippen LogP contribution in [0, 0.1) is 13.8 Å².